The van der Waals surface area contributed by atoms with Gasteiger partial charge >= 0.3 is 19.2 Å². The van der Waals surface area contributed by atoms with Gasteiger partial charge in [-0.3, -0.25) is 13.7 Å². The third kappa shape index (κ3) is 4.74. The van der Waals surface area contributed by atoms with Gasteiger partial charge in [0.05, 0.1) is 6.61 Å². The molecule has 0 aliphatic carbocycles. The molecule has 1 aliphatic rings. The minimum absolute atomic E-state index is 0.206. The Balaban J connectivity index is 2.17. The molecular weight excluding hydrogens is 402 g/mol. The predicted octanol–water partition coefficient (Wildman–Crippen LogP) is -0.221. The van der Waals surface area contributed by atoms with Crippen molar-refractivity contribution >= 4 is 20.8 Å². The molecule has 1 aliphatic heterocycles. The number of nitrogens with zero attached hydrogens (tertiary/aromatic N) is 2. The normalized spacial score (nSPS) is 29.8. The summed E-state index contributed by atoms with van der Waals surface area (Å²) in [5, 5.41) is 9.73. The van der Waals surface area contributed by atoms with Crippen LogP contribution < -0.4 is 11.4 Å². The zero-order chi connectivity index (χ0) is 19.9. The summed E-state index contributed by atoms with van der Waals surface area (Å²) in [6.07, 6.45) is -5.61. The molecule has 0 saturated carbocycles. The van der Waals surface area contributed by atoms with Crippen molar-refractivity contribution in [3.05, 3.63) is 22.7 Å². The standard InChI is InChI=1S/C11H17F2N3O8P2/c1-25(19,20)5-26(21,22)23-4-6-8(17)11(12,13)9(24-6)16-3-2-7(14)15-10(16)18/h2-3,6,8-9,17H,4-5H2,1H3,(H,19,20)(H,21,22)(H2,14,15,18)/t6-,8+,9-/m1/s1. The number of hydrogen-bond donors (Lipinski definition) is 4. The quantitative estimate of drug-likeness (QED) is 0.451. The first-order chi connectivity index (χ1) is 11.7. The highest BCUT2D eigenvalue weighted by Crippen LogP contribution is 2.56. The second-order valence-electron chi connectivity index (χ2n) is 5.81. The Kier molecular flexibility index (Phi) is 5.75. The highest BCUT2D eigenvalue weighted by molar-refractivity contribution is 7.72. The van der Waals surface area contributed by atoms with E-state index >= 15 is 0 Å². The van der Waals surface area contributed by atoms with E-state index in [9.17, 15) is 32.7 Å². The Morgan fingerprint density at radius 1 is 1.46 bits per heavy atom. The van der Waals surface area contributed by atoms with Crippen LogP contribution in [0.2, 0.25) is 0 Å². The molecule has 0 spiro atoms. The van der Waals surface area contributed by atoms with Crippen LogP contribution in [0.1, 0.15) is 6.23 Å². The monoisotopic (exact) mass is 419 g/mol. The van der Waals surface area contributed by atoms with E-state index < -0.39 is 57.5 Å². The average molecular weight is 419 g/mol. The molecule has 26 heavy (non-hydrogen) atoms. The molecular formula is C11H17F2N3O8P2. The molecule has 0 aromatic carbocycles. The number of hydrogen-bond acceptors (Lipinski definition) is 8. The number of rotatable bonds is 6. The number of anilines is 1. The van der Waals surface area contributed by atoms with Gasteiger partial charge in [0.25, 0.3) is 0 Å². The summed E-state index contributed by atoms with van der Waals surface area (Å²) in [6, 6.07) is 1.07. The zero-order valence-electron chi connectivity index (χ0n) is 13.3. The Morgan fingerprint density at radius 3 is 2.62 bits per heavy atom. The van der Waals surface area contributed by atoms with Crippen LogP contribution in [0.25, 0.3) is 0 Å². The van der Waals surface area contributed by atoms with Gasteiger partial charge in [0.2, 0.25) is 13.6 Å². The first kappa shape index (κ1) is 21.1. The molecule has 5 N–H and O–H groups in total. The number of ether oxygens (including phenoxy) is 1. The molecule has 0 radical (unpaired) electrons. The summed E-state index contributed by atoms with van der Waals surface area (Å²) >= 11 is 0. The van der Waals surface area contributed by atoms with Crippen molar-refractivity contribution in [2.45, 2.75) is 24.4 Å². The van der Waals surface area contributed by atoms with Crippen molar-refractivity contribution < 1.29 is 42.1 Å². The van der Waals surface area contributed by atoms with Crippen molar-refractivity contribution in [2.75, 3.05) is 24.9 Å². The van der Waals surface area contributed by atoms with Crippen molar-refractivity contribution in [1.82, 2.24) is 9.55 Å². The van der Waals surface area contributed by atoms with E-state index in [-0.39, 0.29) is 5.82 Å². The lowest BCUT2D eigenvalue weighted by molar-refractivity contribution is -0.140. The third-order valence-electron chi connectivity index (χ3n) is 3.37. The average Bonchev–Trinajstić information content (AvgIpc) is 2.66. The van der Waals surface area contributed by atoms with E-state index in [2.05, 4.69) is 9.51 Å². The first-order valence-electron chi connectivity index (χ1n) is 7.04. The van der Waals surface area contributed by atoms with E-state index in [0.29, 0.717) is 4.57 Å². The molecule has 1 aromatic heterocycles. The summed E-state index contributed by atoms with van der Waals surface area (Å²) in [5.41, 5.74) is 4.12. The maximum Gasteiger partial charge on any atom is 0.351 e. The van der Waals surface area contributed by atoms with Gasteiger partial charge in [-0.05, 0) is 6.07 Å². The minimum atomic E-state index is -4.59. The van der Waals surface area contributed by atoms with Crippen LogP contribution in [0.3, 0.4) is 0 Å². The molecule has 1 fully saturated rings. The maximum atomic E-state index is 14.2. The second kappa shape index (κ2) is 7.08. The van der Waals surface area contributed by atoms with Gasteiger partial charge in [0.1, 0.15) is 17.8 Å². The van der Waals surface area contributed by atoms with E-state index in [0.717, 1.165) is 18.9 Å². The highest BCUT2D eigenvalue weighted by Gasteiger charge is 2.60. The van der Waals surface area contributed by atoms with E-state index in [1.807, 2.05) is 0 Å². The van der Waals surface area contributed by atoms with Gasteiger partial charge in [-0.1, -0.05) is 0 Å². The molecule has 148 valence electrons. The zero-order valence-corrected chi connectivity index (χ0v) is 15.1. The number of aliphatic hydroxyl groups excluding tert-OH is 1. The van der Waals surface area contributed by atoms with Crippen LogP contribution in [0.5, 0.6) is 0 Å². The van der Waals surface area contributed by atoms with E-state index in [1.54, 1.807) is 0 Å². The number of halogens is 2. The van der Waals surface area contributed by atoms with Crippen LogP contribution in [0.4, 0.5) is 14.6 Å². The van der Waals surface area contributed by atoms with Crippen LogP contribution in [0, 0.1) is 0 Å². The fraction of sp³-hybridized carbons (Fsp3) is 0.636. The molecule has 1 saturated heterocycles. The van der Waals surface area contributed by atoms with E-state index in [1.165, 1.54) is 0 Å². The lowest BCUT2D eigenvalue weighted by Crippen LogP contribution is -2.41. The topological polar surface area (TPSA) is 174 Å². The highest BCUT2D eigenvalue weighted by atomic mass is 31.2. The Hall–Kier alpha value is -1.20. The number of alkyl halides is 2. The molecule has 0 bridgehead atoms. The third-order valence-corrected chi connectivity index (χ3v) is 7.45. The smallest absolute Gasteiger partial charge is 0.351 e. The fourth-order valence-electron chi connectivity index (χ4n) is 2.27. The predicted molar refractivity (Wildman–Crippen MR) is 84.2 cm³/mol. The number of aromatic nitrogens is 2. The summed E-state index contributed by atoms with van der Waals surface area (Å²) < 4.78 is 61.2. The van der Waals surface area contributed by atoms with Gasteiger partial charge in [-0.2, -0.15) is 13.8 Å². The summed E-state index contributed by atoms with van der Waals surface area (Å²) in [5.74, 6) is -5.25. The summed E-state index contributed by atoms with van der Waals surface area (Å²) in [4.78, 5) is 33.6. The lowest BCUT2D eigenvalue weighted by Gasteiger charge is -2.20. The van der Waals surface area contributed by atoms with Gasteiger partial charge < -0.3 is 29.9 Å². The number of nitrogens with two attached hydrogens (primary N) is 1. The molecule has 15 heteroatoms. The number of nitrogen functional groups attached to an aromatic ring is 1. The molecule has 0 amide bonds. The van der Waals surface area contributed by atoms with E-state index in [4.69, 9.17) is 15.4 Å². The van der Waals surface area contributed by atoms with Crippen molar-refractivity contribution in [3.8, 4) is 0 Å². The van der Waals surface area contributed by atoms with Crippen molar-refractivity contribution in [1.29, 1.82) is 0 Å². The van der Waals surface area contributed by atoms with Crippen molar-refractivity contribution in [2.24, 2.45) is 0 Å². The number of aliphatic hydroxyl groups is 1. The second-order valence-corrected chi connectivity index (χ2v) is 10.6. The Bertz CT molecular complexity index is 828. The molecule has 1 aromatic rings. The first-order valence-corrected chi connectivity index (χ1v) is 11.1. The summed E-state index contributed by atoms with van der Waals surface area (Å²) in [7, 11) is -8.50. The van der Waals surface area contributed by atoms with Gasteiger partial charge in [-0.25, -0.2) is 4.79 Å². The fourth-order valence-corrected chi connectivity index (χ4v) is 5.63. The Morgan fingerprint density at radius 2 is 2.08 bits per heavy atom. The van der Waals surface area contributed by atoms with Crippen LogP contribution in [-0.2, 0) is 18.4 Å². The van der Waals surface area contributed by atoms with Gasteiger partial charge in [0.15, 0.2) is 6.10 Å². The molecule has 2 heterocycles. The SMILES string of the molecule is CP(=O)(O)CP(=O)(O)OC[C@H]1O[C@@H](n2ccc(N)nc2=O)C(F)(F)[C@H]1O. The Labute approximate surface area is 145 Å². The van der Waals surface area contributed by atoms with Crippen LogP contribution >= 0.6 is 15.0 Å². The van der Waals surface area contributed by atoms with Gasteiger partial charge in [-0.15, -0.1) is 0 Å². The largest absolute Gasteiger partial charge is 0.384 e. The van der Waals surface area contributed by atoms with Gasteiger partial charge in [0, 0.05) is 12.9 Å². The van der Waals surface area contributed by atoms with Crippen molar-refractivity contribution in [3.63, 3.8) is 0 Å². The summed E-state index contributed by atoms with van der Waals surface area (Å²) in [6.45, 7) is -0.150. The van der Waals surface area contributed by atoms with Crippen LogP contribution in [0.15, 0.2) is 17.1 Å². The molecule has 2 unspecified atom stereocenters. The molecule has 11 nitrogen and oxygen atoms in total. The minimum Gasteiger partial charge on any atom is -0.384 e. The lowest BCUT2D eigenvalue weighted by atomic mass is 10.1. The molecule has 5 atom stereocenters. The van der Waals surface area contributed by atoms with Crippen LogP contribution in [-0.4, -0.2) is 61.7 Å². The maximum absolute atomic E-state index is 14.2. The molecule has 2 rings (SSSR count).